The van der Waals surface area contributed by atoms with E-state index in [-0.39, 0.29) is 6.10 Å². The van der Waals surface area contributed by atoms with E-state index in [0.717, 1.165) is 11.9 Å². The van der Waals surface area contributed by atoms with Gasteiger partial charge in [0.2, 0.25) is 0 Å². The van der Waals surface area contributed by atoms with Crippen LogP contribution in [0.3, 0.4) is 0 Å². The minimum atomic E-state index is 0.190. The van der Waals surface area contributed by atoms with Gasteiger partial charge in [-0.25, -0.2) is 0 Å². The van der Waals surface area contributed by atoms with E-state index in [1.165, 1.54) is 49.7 Å². The van der Waals surface area contributed by atoms with Crippen LogP contribution in [0, 0.1) is 6.92 Å². The summed E-state index contributed by atoms with van der Waals surface area (Å²) in [6.45, 7) is 5.25. The molecule has 0 aliphatic carbocycles. The smallest absolute Gasteiger partial charge is 0.0921 e. The van der Waals surface area contributed by atoms with Gasteiger partial charge in [0.1, 0.15) is 0 Å². The topological polar surface area (TPSA) is 9.23 Å². The van der Waals surface area contributed by atoms with E-state index in [0.29, 0.717) is 0 Å². The maximum absolute atomic E-state index is 5.99. The molecular formula is C17H27BrO. The molecule has 0 aromatic heterocycles. The lowest BCUT2D eigenvalue weighted by Gasteiger charge is -2.16. The number of hydrogen-bond acceptors (Lipinski definition) is 1. The van der Waals surface area contributed by atoms with Gasteiger partial charge in [0.15, 0.2) is 0 Å². The van der Waals surface area contributed by atoms with Gasteiger partial charge >= 0.3 is 0 Å². The summed E-state index contributed by atoms with van der Waals surface area (Å²) in [5, 5.41) is 0.867. The molecule has 0 bridgehead atoms. The molecular weight excluding hydrogens is 300 g/mol. The zero-order valence-corrected chi connectivity index (χ0v) is 13.9. The van der Waals surface area contributed by atoms with E-state index < -0.39 is 0 Å². The lowest BCUT2D eigenvalue weighted by molar-refractivity contribution is 0.0667. The van der Waals surface area contributed by atoms with Gasteiger partial charge in [0, 0.05) is 11.9 Å². The van der Waals surface area contributed by atoms with Crippen LogP contribution in [0.25, 0.3) is 0 Å². The Labute approximate surface area is 126 Å². The van der Waals surface area contributed by atoms with Crippen LogP contribution in [-0.2, 0) is 4.74 Å². The summed E-state index contributed by atoms with van der Waals surface area (Å²) in [6, 6.07) is 8.60. The Bertz CT molecular complexity index is 338. The molecule has 0 amide bonds. The molecule has 0 aliphatic heterocycles. The first kappa shape index (κ1) is 16.7. The first-order valence-electron chi connectivity index (χ1n) is 7.52. The van der Waals surface area contributed by atoms with Crippen molar-refractivity contribution < 1.29 is 4.74 Å². The van der Waals surface area contributed by atoms with Gasteiger partial charge in [0.25, 0.3) is 0 Å². The van der Waals surface area contributed by atoms with Crippen LogP contribution in [0.1, 0.15) is 62.7 Å². The second-order valence-electron chi connectivity index (χ2n) is 5.20. The molecule has 19 heavy (non-hydrogen) atoms. The summed E-state index contributed by atoms with van der Waals surface area (Å²) in [7, 11) is 0. The number of benzene rings is 1. The molecule has 0 N–H and O–H groups in total. The van der Waals surface area contributed by atoms with Crippen LogP contribution in [0.4, 0.5) is 0 Å². The number of rotatable bonds is 10. The predicted molar refractivity (Wildman–Crippen MR) is 87.0 cm³/mol. The molecule has 1 aromatic carbocycles. The Morgan fingerprint density at radius 3 is 2.53 bits per heavy atom. The third kappa shape index (κ3) is 7.12. The van der Waals surface area contributed by atoms with Crippen LogP contribution >= 0.6 is 15.9 Å². The zero-order valence-electron chi connectivity index (χ0n) is 12.3. The minimum Gasteiger partial charge on any atom is -0.373 e. The quantitative estimate of drug-likeness (QED) is 0.389. The second kappa shape index (κ2) is 10.4. The van der Waals surface area contributed by atoms with Crippen molar-refractivity contribution in [3.8, 4) is 0 Å². The Balaban J connectivity index is 2.22. The SMILES string of the molecule is CCCCCCCCOC(CBr)c1cccc(C)c1. The minimum absolute atomic E-state index is 0.190. The number of alkyl halides is 1. The number of unbranched alkanes of at least 4 members (excludes halogenated alkanes) is 5. The molecule has 1 rings (SSSR count). The summed E-state index contributed by atoms with van der Waals surface area (Å²) in [5.74, 6) is 0. The van der Waals surface area contributed by atoms with Crippen molar-refractivity contribution >= 4 is 15.9 Å². The molecule has 108 valence electrons. The van der Waals surface area contributed by atoms with Crippen molar-refractivity contribution in [1.82, 2.24) is 0 Å². The standard InChI is InChI=1S/C17H27BrO/c1-3-4-5-6-7-8-12-19-17(14-18)16-11-9-10-15(2)13-16/h9-11,13,17H,3-8,12,14H2,1-2H3. The fourth-order valence-electron chi connectivity index (χ4n) is 2.21. The maximum atomic E-state index is 5.99. The number of aryl methyl sites for hydroxylation is 1. The molecule has 0 fully saturated rings. The van der Waals surface area contributed by atoms with Gasteiger partial charge in [-0.05, 0) is 18.9 Å². The largest absolute Gasteiger partial charge is 0.373 e. The van der Waals surface area contributed by atoms with Gasteiger partial charge < -0.3 is 4.74 Å². The highest BCUT2D eigenvalue weighted by molar-refractivity contribution is 9.09. The lowest BCUT2D eigenvalue weighted by Crippen LogP contribution is -2.07. The zero-order chi connectivity index (χ0) is 13.9. The van der Waals surface area contributed by atoms with E-state index in [1.807, 2.05) is 0 Å². The van der Waals surface area contributed by atoms with Crippen LogP contribution in [0.5, 0.6) is 0 Å². The molecule has 0 radical (unpaired) electrons. The van der Waals surface area contributed by atoms with Crippen molar-refractivity contribution in [2.24, 2.45) is 0 Å². The average Bonchev–Trinajstić information content (AvgIpc) is 2.42. The first-order valence-corrected chi connectivity index (χ1v) is 8.64. The lowest BCUT2D eigenvalue weighted by atomic mass is 10.1. The predicted octanol–water partition coefficient (Wildman–Crippen LogP) is 5.81. The Morgan fingerprint density at radius 1 is 1.11 bits per heavy atom. The summed E-state index contributed by atoms with van der Waals surface area (Å²) < 4.78 is 5.99. The summed E-state index contributed by atoms with van der Waals surface area (Å²) in [6.07, 6.45) is 8.07. The highest BCUT2D eigenvalue weighted by atomic mass is 79.9. The average molecular weight is 327 g/mol. The third-order valence-electron chi connectivity index (χ3n) is 3.37. The highest BCUT2D eigenvalue weighted by Gasteiger charge is 2.10. The van der Waals surface area contributed by atoms with Crippen LogP contribution in [0.2, 0.25) is 0 Å². The molecule has 2 heteroatoms. The molecule has 1 nitrogen and oxygen atoms in total. The normalized spacial score (nSPS) is 12.6. The van der Waals surface area contributed by atoms with Crippen molar-refractivity contribution in [2.45, 2.75) is 58.5 Å². The molecule has 0 heterocycles. The first-order chi connectivity index (χ1) is 9.27. The molecule has 1 atom stereocenters. The Morgan fingerprint density at radius 2 is 1.84 bits per heavy atom. The monoisotopic (exact) mass is 326 g/mol. The summed E-state index contributed by atoms with van der Waals surface area (Å²) in [5.41, 5.74) is 2.58. The molecule has 1 aromatic rings. The van der Waals surface area contributed by atoms with Gasteiger partial charge in [0.05, 0.1) is 6.10 Å². The van der Waals surface area contributed by atoms with Gasteiger partial charge in [-0.15, -0.1) is 0 Å². The van der Waals surface area contributed by atoms with E-state index in [2.05, 4.69) is 54.0 Å². The summed E-state index contributed by atoms with van der Waals surface area (Å²) in [4.78, 5) is 0. The van der Waals surface area contributed by atoms with Gasteiger partial charge in [-0.2, -0.15) is 0 Å². The van der Waals surface area contributed by atoms with Crippen LogP contribution in [-0.4, -0.2) is 11.9 Å². The molecule has 1 unspecified atom stereocenters. The highest BCUT2D eigenvalue weighted by Crippen LogP contribution is 2.21. The van der Waals surface area contributed by atoms with E-state index in [9.17, 15) is 0 Å². The number of ether oxygens (including phenoxy) is 1. The molecule has 0 spiro atoms. The summed E-state index contributed by atoms with van der Waals surface area (Å²) >= 11 is 3.56. The molecule has 0 saturated carbocycles. The maximum Gasteiger partial charge on any atom is 0.0921 e. The van der Waals surface area contributed by atoms with Crippen molar-refractivity contribution in [1.29, 1.82) is 0 Å². The number of halogens is 1. The van der Waals surface area contributed by atoms with Gasteiger partial charge in [-0.3, -0.25) is 0 Å². The second-order valence-corrected chi connectivity index (χ2v) is 5.84. The van der Waals surface area contributed by atoms with Crippen LogP contribution < -0.4 is 0 Å². The Kier molecular flexibility index (Phi) is 9.19. The molecule has 0 aliphatic rings. The fraction of sp³-hybridized carbons (Fsp3) is 0.647. The molecule has 0 saturated heterocycles. The fourth-order valence-corrected chi connectivity index (χ4v) is 2.77. The third-order valence-corrected chi connectivity index (χ3v) is 3.96. The number of hydrogen-bond donors (Lipinski definition) is 0. The Hall–Kier alpha value is -0.340. The van der Waals surface area contributed by atoms with Crippen molar-refractivity contribution in [2.75, 3.05) is 11.9 Å². The van der Waals surface area contributed by atoms with Crippen molar-refractivity contribution in [3.63, 3.8) is 0 Å². The van der Waals surface area contributed by atoms with E-state index >= 15 is 0 Å². The van der Waals surface area contributed by atoms with Crippen molar-refractivity contribution in [3.05, 3.63) is 35.4 Å². The van der Waals surface area contributed by atoms with Crippen LogP contribution in [0.15, 0.2) is 24.3 Å². The van der Waals surface area contributed by atoms with Gasteiger partial charge in [-0.1, -0.05) is 84.8 Å². The van der Waals surface area contributed by atoms with E-state index in [4.69, 9.17) is 4.74 Å². The van der Waals surface area contributed by atoms with E-state index in [1.54, 1.807) is 0 Å².